The van der Waals surface area contributed by atoms with Gasteiger partial charge in [-0.1, -0.05) is 98.6 Å². The van der Waals surface area contributed by atoms with Crippen LogP contribution in [0.4, 0.5) is 0 Å². The van der Waals surface area contributed by atoms with Crippen molar-refractivity contribution in [3.05, 3.63) is 111 Å². The van der Waals surface area contributed by atoms with Gasteiger partial charge in [-0.25, -0.2) is 0 Å². The van der Waals surface area contributed by atoms with Crippen molar-refractivity contribution in [1.82, 2.24) is 5.32 Å². The molecule has 0 fully saturated rings. The molecule has 0 amide bonds. The number of allylic oxidation sites excluding steroid dienone is 12. The van der Waals surface area contributed by atoms with Crippen LogP contribution in [-0.2, 0) is 6.54 Å². The molecule has 2 unspecified atom stereocenters. The van der Waals surface area contributed by atoms with Crippen LogP contribution in [0.25, 0.3) is 12.2 Å². The lowest BCUT2D eigenvalue weighted by Crippen LogP contribution is -2.44. The Kier molecular flexibility index (Phi) is 14.2. The Hall–Kier alpha value is -3.05. The first-order chi connectivity index (χ1) is 22.2. The van der Waals surface area contributed by atoms with Gasteiger partial charge in [0.15, 0.2) is 12.7 Å². The van der Waals surface area contributed by atoms with Crippen molar-refractivity contribution >= 4 is 12.2 Å². The Bertz CT molecular complexity index is 1490. The van der Waals surface area contributed by atoms with Crippen LogP contribution in [0.5, 0.6) is 0 Å². The van der Waals surface area contributed by atoms with Crippen LogP contribution in [0.15, 0.2) is 99.9 Å². The molecule has 4 heteroatoms. The van der Waals surface area contributed by atoms with Crippen LogP contribution in [0, 0.1) is 10.8 Å². The largest absolute Gasteiger partial charge is 0.390 e. The van der Waals surface area contributed by atoms with Crippen molar-refractivity contribution in [2.45, 2.75) is 120 Å². The van der Waals surface area contributed by atoms with Crippen molar-refractivity contribution in [2.24, 2.45) is 10.8 Å². The van der Waals surface area contributed by atoms with Gasteiger partial charge < -0.3 is 15.5 Å². The maximum absolute atomic E-state index is 11.5. The second-order valence-corrected chi connectivity index (χ2v) is 15.1. The van der Waals surface area contributed by atoms with Crippen LogP contribution < -0.4 is 9.88 Å². The van der Waals surface area contributed by atoms with Gasteiger partial charge in [-0.15, -0.1) is 0 Å². The molecule has 1 heterocycles. The monoisotopic (exact) mass is 639 g/mol. The number of aliphatic hydroxyl groups excluding tert-OH is 2. The van der Waals surface area contributed by atoms with E-state index in [2.05, 4.69) is 139 Å². The van der Waals surface area contributed by atoms with Crippen LogP contribution in [0.2, 0.25) is 0 Å². The lowest BCUT2D eigenvalue weighted by molar-refractivity contribution is -0.699. The van der Waals surface area contributed by atoms with Gasteiger partial charge in [0.25, 0.3) is 0 Å². The first kappa shape index (κ1) is 38.4. The average Bonchev–Trinajstić information content (AvgIpc) is 2.97. The number of aromatic nitrogens is 1. The van der Waals surface area contributed by atoms with Crippen molar-refractivity contribution in [2.75, 3.05) is 13.7 Å². The number of hydrogen-bond acceptors (Lipinski definition) is 3. The fourth-order valence-electron chi connectivity index (χ4n) is 7.53. The summed E-state index contributed by atoms with van der Waals surface area (Å²) in [7, 11) is 1.93. The number of hydrogen-bond donors (Lipinski definition) is 3. The molecule has 0 aliphatic heterocycles. The molecule has 2 atom stereocenters. The lowest BCUT2D eigenvalue weighted by Gasteiger charge is -2.40. The third-order valence-corrected chi connectivity index (χ3v) is 10.2. The zero-order valence-corrected chi connectivity index (χ0v) is 31.1. The Morgan fingerprint density at radius 1 is 0.915 bits per heavy atom. The van der Waals surface area contributed by atoms with Crippen LogP contribution in [-0.4, -0.2) is 36.0 Å². The maximum Gasteiger partial charge on any atom is 0.206 e. The normalized spacial score (nSPS) is 21.1. The van der Waals surface area contributed by atoms with Crippen molar-refractivity contribution in [1.29, 1.82) is 0 Å². The zero-order valence-electron chi connectivity index (χ0n) is 31.1. The highest BCUT2D eigenvalue weighted by molar-refractivity contribution is 5.57. The smallest absolute Gasteiger partial charge is 0.206 e. The minimum Gasteiger partial charge on any atom is -0.390 e. The molecular weight excluding hydrogens is 576 g/mol. The van der Waals surface area contributed by atoms with E-state index in [0.29, 0.717) is 6.54 Å². The molecule has 4 nitrogen and oxygen atoms in total. The lowest BCUT2D eigenvalue weighted by atomic mass is 9.69. The van der Waals surface area contributed by atoms with Crippen LogP contribution >= 0.6 is 0 Å². The van der Waals surface area contributed by atoms with E-state index in [1.807, 2.05) is 13.2 Å². The first-order valence-electron chi connectivity index (χ1n) is 17.7. The number of rotatable bonds is 13. The summed E-state index contributed by atoms with van der Waals surface area (Å²) in [6.07, 6.45) is 28.0. The van der Waals surface area contributed by atoms with E-state index < -0.39 is 6.10 Å². The summed E-state index contributed by atoms with van der Waals surface area (Å²) in [5.41, 5.74) is 11.4. The van der Waals surface area contributed by atoms with Crippen LogP contribution in [0.1, 0.15) is 112 Å². The first-order valence-corrected chi connectivity index (χ1v) is 17.7. The highest BCUT2D eigenvalue weighted by Gasteiger charge is 2.36. The van der Waals surface area contributed by atoms with E-state index in [4.69, 9.17) is 0 Å². The van der Waals surface area contributed by atoms with Crippen molar-refractivity contribution in [3.8, 4) is 0 Å². The standard InChI is InChI=1S/C43H63N2O2/c1-31(21-22-38-33(3)18-13-24-42(38,6)7)15-11-16-32(2)29-37-30-36(23-26-45(37)27-28-46)20-12-17-35(5)40(44-10)41(47)39-34(4)19-14-25-43(39,8)9/h11-12,15-17,20-23,26,29-30,40-41,44,46-47H,13-14,18-19,24-25,27-28H2,1-10H3/q+1. The van der Waals surface area contributed by atoms with Crippen molar-refractivity contribution in [3.63, 3.8) is 0 Å². The second kappa shape index (κ2) is 17.4. The predicted molar refractivity (Wildman–Crippen MR) is 202 cm³/mol. The number of nitrogens with one attached hydrogen (secondary N) is 1. The van der Waals surface area contributed by atoms with Gasteiger partial charge in [0, 0.05) is 18.2 Å². The van der Waals surface area contributed by atoms with Gasteiger partial charge in [-0.2, -0.15) is 4.57 Å². The van der Waals surface area contributed by atoms with Gasteiger partial charge in [0.05, 0.1) is 12.1 Å². The summed E-state index contributed by atoms with van der Waals surface area (Å²) in [6.45, 7) is 20.7. The summed E-state index contributed by atoms with van der Waals surface area (Å²) in [5.74, 6) is 0. The average molecular weight is 640 g/mol. The Balaban J connectivity index is 1.76. The summed E-state index contributed by atoms with van der Waals surface area (Å²) < 4.78 is 2.08. The molecule has 0 aromatic carbocycles. The molecule has 0 saturated heterocycles. The summed E-state index contributed by atoms with van der Waals surface area (Å²) >= 11 is 0. The predicted octanol–water partition coefficient (Wildman–Crippen LogP) is 9.39. The van der Waals surface area contributed by atoms with E-state index in [1.165, 1.54) is 53.5 Å². The number of aliphatic hydroxyl groups is 2. The molecule has 3 N–H and O–H groups in total. The van der Waals surface area contributed by atoms with E-state index in [9.17, 15) is 10.2 Å². The van der Waals surface area contributed by atoms with E-state index in [0.717, 1.165) is 35.2 Å². The third kappa shape index (κ3) is 10.7. The van der Waals surface area contributed by atoms with Gasteiger partial charge in [-0.05, 0) is 113 Å². The summed E-state index contributed by atoms with van der Waals surface area (Å²) in [5, 5.41) is 24.6. The molecule has 0 saturated carbocycles. The quantitative estimate of drug-likeness (QED) is 0.115. The van der Waals surface area contributed by atoms with E-state index in [1.54, 1.807) is 0 Å². The molecular formula is C43H63N2O2+. The highest BCUT2D eigenvalue weighted by atomic mass is 16.3. The van der Waals surface area contributed by atoms with Gasteiger partial charge in [-0.3, -0.25) is 0 Å². The third-order valence-electron chi connectivity index (χ3n) is 10.2. The van der Waals surface area contributed by atoms with Gasteiger partial charge in [0.2, 0.25) is 5.69 Å². The Labute approximate surface area is 286 Å². The molecule has 0 spiro atoms. The topological polar surface area (TPSA) is 56.4 Å². The zero-order chi connectivity index (χ0) is 34.8. The molecule has 3 rings (SSSR count). The minimum absolute atomic E-state index is 0.00749. The minimum atomic E-state index is -0.554. The molecule has 0 radical (unpaired) electrons. The molecule has 47 heavy (non-hydrogen) atoms. The number of pyridine rings is 1. The van der Waals surface area contributed by atoms with E-state index in [-0.39, 0.29) is 23.5 Å². The van der Waals surface area contributed by atoms with Gasteiger partial charge >= 0.3 is 0 Å². The molecule has 1 aromatic heterocycles. The maximum atomic E-state index is 11.5. The summed E-state index contributed by atoms with van der Waals surface area (Å²) in [4.78, 5) is 0. The highest BCUT2D eigenvalue weighted by Crippen LogP contribution is 2.43. The number of nitrogens with zero attached hydrogens (tertiary/aromatic N) is 1. The van der Waals surface area contributed by atoms with Gasteiger partial charge in [0.1, 0.15) is 6.61 Å². The van der Waals surface area contributed by atoms with E-state index >= 15 is 0 Å². The molecule has 1 aromatic rings. The van der Waals surface area contributed by atoms with Crippen LogP contribution in [0.3, 0.4) is 0 Å². The molecule has 0 bridgehead atoms. The molecule has 2 aliphatic rings. The second-order valence-electron chi connectivity index (χ2n) is 15.1. The number of likely N-dealkylation sites (N-methyl/N-ethyl adjacent to an activating group) is 1. The fraction of sp³-hybridized carbons (Fsp3) is 0.512. The van der Waals surface area contributed by atoms with Crippen molar-refractivity contribution < 1.29 is 14.8 Å². The fourth-order valence-corrected chi connectivity index (χ4v) is 7.53. The Morgan fingerprint density at radius 3 is 2.23 bits per heavy atom. The SMILES string of the molecule is CNC(C(C)=CC=Cc1cc[n+](CCO)c(C=C(C)C=CC=C(C)C=CC2=C(C)CCCC2(C)C)c1)C(O)C1=C(C)CCCC1(C)C. The summed E-state index contributed by atoms with van der Waals surface area (Å²) in [6, 6.07) is 4.08. The molecule has 2 aliphatic carbocycles. The molecule has 256 valence electrons. The Morgan fingerprint density at radius 2 is 1.60 bits per heavy atom.